The van der Waals surface area contributed by atoms with Gasteiger partial charge in [-0.05, 0) is 31.2 Å². The van der Waals surface area contributed by atoms with Gasteiger partial charge in [-0.25, -0.2) is 0 Å². The Hall–Kier alpha value is -1.35. The zero-order valence-electron chi connectivity index (χ0n) is 9.04. The molecule has 0 bridgehead atoms. The third kappa shape index (κ3) is 1.75. The molecule has 1 aromatic rings. The van der Waals surface area contributed by atoms with Gasteiger partial charge in [0.2, 0.25) is 0 Å². The standard InChI is InChI=1S/C12H15NO2/c1-12(7-13-8-12)11(14)9-3-5-10(15-2)6-4-9/h3-6,13H,7-8H2,1-2H3. The van der Waals surface area contributed by atoms with Gasteiger partial charge in [-0.3, -0.25) is 4.79 Å². The number of rotatable bonds is 3. The minimum absolute atomic E-state index is 0.212. The van der Waals surface area contributed by atoms with Crippen LogP contribution in [0, 0.1) is 5.41 Å². The minimum atomic E-state index is -0.214. The normalized spacial score (nSPS) is 18.0. The molecule has 0 atom stereocenters. The van der Waals surface area contributed by atoms with E-state index in [-0.39, 0.29) is 11.2 Å². The van der Waals surface area contributed by atoms with Gasteiger partial charge in [0.25, 0.3) is 0 Å². The Morgan fingerprint density at radius 2 is 1.93 bits per heavy atom. The molecule has 1 aliphatic rings. The molecule has 0 amide bonds. The number of benzene rings is 1. The zero-order chi connectivity index (χ0) is 10.9. The van der Waals surface area contributed by atoms with Gasteiger partial charge >= 0.3 is 0 Å². The van der Waals surface area contributed by atoms with Crippen molar-refractivity contribution < 1.29 is 9.53 Å². The van der Waals surface area contributed by atoms with Gasteiger partial charge in [-0.15, -0.1) is 0 Å². The van der Waals surface area contributed by atoms with Crippen molar-refractivity contribution in [3.63, 3.8) is 0 Å². The quantitative estimate of drug-likeness (QED) is 0.760. The van der Waals surface area contributed by atoms with Crippen molar-refractivity contribution in [3.8, 4) is 5.75 Å². The number of methoxy groups -OCH3 is 1. The third-order valence-corrected chi connectivity index (χ3v) is 2.93. The number of Topliss-reactive ketones (excluding diaryl/α,β-unsaturated/α-hetero) is 1. The van der Waals surface area contributed by atoms with E-state index < -0.39 is 0 Å². The maximum atomic E-state index is 12.1. The van der Waals surface area contributed by atoms with E-state index in [1.54, 1.807) is 7.11 Å². The molecule has 0 unspecified atom stereocenters. The second kappa shape index (κ2) is 3.66. The van der Waals surface area contributed by atoms with Crippen LogP contribution in [0.4, 0.5) is 0 Å². The van der Waals surface area contributed by atoms with Crippen molar-refractivity contribution in [2.75, 3.05) is 20.2 Å². The Labute approximate surface area is 89.4 Å². The molecule has 0 aliphatic carbocycles. The Morgan fingerprint density at radius 3 is 2.33 bits per heavy atom. The maximum Gasteiger partial charge on any atom is 0.171 e. The summed E-state index contributed by atoms with van der Waals surface area (Å²) in [4.78, 5) is 12.1. The Kier molecular flexibility index (Phi) is 2.49. The average Bonchev–Trinajstić information content (AvgIpc) is 2.25. The summed E-state index contributed by atoms with van der Waals surface area (Å²) in [6, 6.07) is 7.29. The van der Waals surface area contributed by atoms with Crippen LogP contribution in [-0.2, 0) is 0 Å². The van der Waals surface area contributed by atoms with Crippen molar-refractivity contribution in [2.24, 2.45) is 5.41 Å². The lowest BCUT2D eigenvalue weighted by Crippen LogP contribution is -2.56. The Morgan fingerprint density at radius 1 is 1.33 bits per heavy atom. The van der Waals surface area contributed by atoms with Crippen molar-refractivity contribution >= 4 is 5.78 Å². The number of ether oxygens (including phenoxy) is 1. The van der Waals surface area contributed by atoms with Crippen molar-refractivity contribution in [1.29, 1.82) is 0 Å². The summed E-state index contributed by atoms with van der Waals surface area (Å²) in [6.45, 7) is 3.55. The highest BCUT2D eigenvalue weighted by Crippen LogP contribution is 2.27. The van der Waals surface area contributed by atoms with Gasteiger partial charge in [-0.1, -0.05) is 0 Å². The topological polar surface area (TPSA) is 38.3 Å². The summed E-state index contributed by atoms with van der Waals surface area (Å²) < 4.78 is 5.05. The molecule has 0 saturated carbocycles. The van der Waals surface area contributed by atoms with Crippen LogP contribution >= 0.6 is 0 Å². The van der Waals surface area contributed by atoms with Gasteiger partial charge in [0, 0.05) is 18.7 Å². The minimum Gasteiger partial charge on any atom is -0.497 e. The number of ketones is 1. The van der Waals surface area contributed by atoms with Crippen LogP contribution in [-0.4, -0.2) is 26.0 Å². The molecule has 80 valence electrons. The summed E-state index contributed by atoms with van der Waals surface area (Å²) in [5.74, 6) is 0.993. The van der Waals surface area contributed by atoms with Gasteiger partial charge in [0.1, 0.15) is 5.75 Å². The average molecular weight is 205 g/mol. The summed E-state index contributed by atoms with van der Waals surface area (Å²) >= 11 is 0. The van der Waals surface area contributed by atoms with E-state index in [9.17, 15) is 4.79 Å². The third-order valence-electron chi connectivity index (χ3n) is 2.93. The summed E-state index contributed by atoms with van der Waals surface area (Å²) in [6.07, 6.45) is 0. The number of nitrogens with one attached hydrogen (secondary N) is 1. The fourth-order valence-corrected chi connectivity index (χ4v) is 1.75. The molecule has 0 spiro atoms. The molecule has 1 N–H and O–H groups in total. The van der Waals surface area contributed by atoms with E-state index in [0.29, 0.717) is 0 Å². The fourth-order valence-electron chi connectivity index (χ4n) is 1.75. The van der Waals surface area contributed by atoms with Crippen molar-refractivity contribution in [1.82, 2.24) is 5.32 Å². The van der Waals surface area contributed by atoms with E-state index in [2.05, 4.69) is 5.32 Å². The fraction of sp³-hybridized carbons (Fsp3) is 0.417. The predicted octanol–water partition coefficient (Wildman–Crippen LogP) is 1.49. The van der Waals surface area contributed by atoms with Crippen LogP contribution < -0.4 is 10.1 Å². The number of carbonyl (C=O) groups excluding carboxylic acids is 1. The lowest BCUT2D eigenvalue weighted by Gasteiger charge is -2.37. The lowest BCUT2D eigenvalue weighted by atomic mass is 9.77. The smallest absolute Gasteiger partial charge is 0.171 e. The van der Waals surface area contributed by atoms with Crippen LogP contribution in [0.25, 0.3) is 0 Å². The first kappa shape index (κ1) is 10.2. The monoisotopic (exact) mass is 205 g/mol. The summed E-state index contributed by atoms with van der Waals surface area (Å²) in [5, 5.41) is 3.13. The van der Waals surface area contributed by atoms with Gasteiger partial charge < -0.3 is 10.1 Å². The van der Waals surface area contributed by atoms with Crippen LogP contribution in [0.5, 0.6) is 5.75 Å². The number of carbonyl (C=O) groups is 1. The molecule has 1 heterocycles. The number of hydrogen-bond acceptors (Lipinski definition) is 3. The highest BCUT2D eigenvalue weighted by molar-refractivity contribution is 6.01. The van der Waals surface area contributed by atoms with Gasteiger partial charge in [0.15, 0.2) is 5.78 Å². The zero-order valence-corrected chi connectivity index (χ0v) is 9.04. The van der Waals surface area contributed by atoms with Gasteiger partial charge in [-0.2, -0.15) is 0 Å². The molecule has 3 heteroatoms. The van der Waals surface area contributed by atoms with E-state index in [0.717, 1.165) is 24.4 Å². The molecule has 2 rings (SSSR count). The van der Waals surface area contributed by atoms with Crippen molar-refractivity contribution in [3.05, 3.63) is 29.8 Å². The second-order valence-electron chi connectivity index (χ2n) is 4.22. The van der Waals surface area contributed by atoms with E-state index in [1.807, 2.05) is 31.2 Å². The predicted molar refractivity (Wildman–Crippen MR) is 58.3 cm³/mol. The molecule has 1 aliphatic heterocycles. The second-order valence-corrected chi connectivity index (χ2v) is 4.22. The molecular formula is C12H15NO2. The largest absolute Gasteiger partial charge is 0.497 e. The first-order chi connectivity index (χ1) is 7.15. The maximum absolute atomic E-state index is 12.1. The van der Waals surface area contributed by atoms with Crippen molar-refractivity contribution in [2.45, 2.75) is 6.92 Å². The summed E-state index contributed by atoms with van der Waals surface area (Å²) in [5.41, 5.74) is 0.550. The molecule has 1 saturated heterocycles. The molecule has 0 radical (unpaired) electrons. The molecule has 1 fully saturated rings. The Balaban J connectivity index is 2.18. The SMILES string of the molecule is COc1ccc(C(=O)C2(C)CNC2)cc1. The first-order valence-electron chi connectivity index (χ1n) is 5.05. The number of hydrogen-bond donors (Lipinski definition) is 1. The molecule has 3 nitrogen and oxygen atoms in total. The summed E-state index contributed by atoms with van der Waals surface area (Å²) in [7, 11) is 1.62. The molecule has 15 heavy (non-hydrogen) atoms. The highest BCUT2D eigenvalue weighted by Gasteiger charge is 2.39. The highest BCUT2D eigenvalue weighted by atomic mass is 16.5. The molecule has 1 aromatic carbocycles. The van der Waals surface area contributed by atoms with Gasteiger partial charge in [0.05, 0.1) is 12.5 Å². The molecular weight excluding hydrogens is 190 g/mol. The first-order valence-corrected chi connectivity index (χ1v) is 5.05. The van der Waals surface area contributed by atoms with E-state index >= 15 is 0 Å². The van der Waals surface area contributed by atoms with E-state index in [4.69, 9.17) is 4.74 Å². The molecule has 0 aromatic heterocycles. The van der Waals surface area contributed by atoms with Crippen LogP contribution in [0.15, 0.2) is 24.3 Å². The van der Waals surface area contributed by atoms with Crippen LogP contribution in [0.1, 0.15) is 17.3 Å². The van der Waals surface area contributed by atoms with E-state index in [1.165, 1.54) is 0 Å². The van der Waals surface area contributed by atoms with Crippen LogP contribution in [0.3, 0.4) is 0 Å². The van der Waals surface area contributed by atoms with Crippen LogP contribution in [0.2, 0.25) is 0 Å². The lowest BCUT2D eigenvalue weighted by molar-refractivity contribution is 0.0721. The Bertz CT molecular complexity index is 366.